The Labute approximate surface area is 207 Å². The number of halogens is 1. The van der Waals surface area contributed by atoms with E-state index in [2.05, 4.69) is 17.1 Å². The maximum Gasteiger partial charge on any atom is 0.338 e. The molecule has 9 heteroatoms. The predicted octanol–water partition coefficient (Wildman–Crippen LogP) is 4.95. The van der Waals surface area contributed by atoms with Crippen molar-refractivity contribution < 1.29 is 14.3 Å². The van der Waals surface area contributed by atoms with Gasteiger partial charge >= 0.3 is 5.97 Å². The maximum absolute atomic E-state index is 13.1. The Morgan fingerprint density at radius 3 is 2.47 bits per heavy atom. The van der Waals surface area contributed by atoms with Crippen LogP contribution in [0.15, 0.2) is 52.1 Å². The summed E-state index contributed by atoms with van der Waals surface area (Å²) in [6.07, 6.45) is 0. The van der Waals surface area contributed by atoms with E-state index in [-0.39, 0.29) is 35.1 Å². The summed E-state index contributed by atoms with van der Waals surface area (Å²) in [5.74, 6) is -1.07. The number of rotatable bonds is 6. The second-order valence-corrected chi connectivity index (χ2v) is 8.96. The van der Waals surface area contributed by atoms with E-state index in [1.165, 1.54) is 11.8 Å². The average molecular weight is 495 g/mol. The van der Waals surface area contributed by atoms with Crippen LogP contribution in [0.1, 0.15) is 40.8 Å². The van der Waals surface area contributed by atoms with Gasteiger partial charge in [-0.2, -0.15) is 10.5 Å². The summed E-state index contributed by atoms with van der Waals surface area (Å²) in [5, 5.41) is 20.5. The SMILES string of the molecule is CCOC(=O)C1=C(CSc2nc(C)c(C)c(C)c2C#N)OC(N)=C(C#N)[C@@H]1c1ccc(Cl)cc1. The minimum atomic E-state index is -0.782. The molecular weight excluding hydrogens is 472 g/mol. The molecule has 2 aromatic rings. The van der Waals surface area contributed by atoms with Gasteiger partial charge < -0.3 is 15.2 Å². The van der Waals surface area contributed by atoms with Gasteiger partial charge in [0, 0.05) is 10.7 Å². The van der Waals surface area contributed by atoms with Crippen molar-refractivity contribution in [2.24, 2.45) is 5.73 Å². The topological polar surface area (TPSA) is 122 Å². The van der Waals surface area contributed by atoms with Crippen LogP contribution in [0.25, 0.3) is 0 Å². The van der Waals surface area contributed by atoms with Crippen molar-refractivity contribution in [3.8, 4) is 12.1 Å². The number of nitrogens with zero attached hydrogens (tertiary/aromatic N) is 3. The number of esters is 1. The summed E-state index contributed by atoms with van der Waals surface area (Å²) in [4.78, 5) is 17.6. The molecule has 1 aliphatic heterocycles. The fourth-order valence-corrected chi connectivity index (χ4v) is 4.78. The molecule has 2 N–H and O–H groups in total. The molecule has 1 aromatic carbocycles. The highest BCUT2D eigenvalue weighted by Crippen LogP contribution is 2.41. The molecule has 0 saturated carbocycles. The second-order valence-electron chi connectivity index (χ2n) is 7.56. The Morgan fingerprint density at radius 2 is 1.88 bits per heavy atom. The smallest absolute Gasteiger partial charge is 0.338 e. The lowest BCUT2D eigenvalue weighted by Crippen LogP contribution is -2.27. The van der Waals surface area contributed by atoms with Crippen LogP contribution in [-0.2, 0) is 14.3 Å². The van der Waals surface area contributed by atoms with Gasteiger partial charge in [0.25, 0.3) is 0 Å². The summed E-state index contributed by atoms with van der Waals surface area (Å²) >= 11 is 7.30. The van der Waals surface area contributed by atoms with Crippen LogP contribution >= 0.6 is 23.4 Å². The quantitative estimate of drug-likeness (QED) is 0.442. The molecule has 1 aromatic heterocycles. The van der Waals surface area contributed by atoms with Crippen LogP contribution in [0.5, 0.6) is 0 Å². The number of carbonyl (C=O) groups excluding carboxylic acids is 1. The van der Waals surface area contributed by atoms with Crippen molar-refractivity contribution in [1.82, 2.24) is 4.98 Å². The molecule has 2 heterocycles. The van der Waals surface area contributed by atoms with E-state index in [9.17, 15) is 15.3 Å². The van der Waals surface area contributed by atoms with E-state index in [4.69, 9.17) is 26.8 Å². The van der Waals surface area contributed by atoms with Crippen molar-refractivity contribution in [1.29, 1.82) is 10.5 Å². The summed E-state index contributed by atoms with van der Waals surface area (Å²) < 4.78 is 11.1. The molecule has 1 atom stereocenters. The second kappa shape index (κ2) is 10.6. The van der Waals surface area contributed by atoms with Crippen molar-refractivity contribution in [2.75, 3.05) is 12.4 Å². The highest BCUT2D eigenvalue weighted by molar-refractivity contribution is 7.99. The fourth-order valence-electron chi connectivity index (χ4n) is 3.63. The Hall–Kier alpha value is -3.46. The van der Waals surface area contributed by atoms with E-state index in [0.717, 1.165) is 16.8 Å². The number of aromatic nitrogens is 1. The highest BCUT2D eigenvalue weighted by Gasteiger charge is 2.37. The molecule has 0 aliphatic carbocycles. The van der Waals surface area contributed by atoms with Crippen molar-refractivity contribution in [3.05, 3.63) is 80.0 Å². The molecule has 0 fully saturated rings. The Morgan fingerprint density at radius 1 is 1.21 bits per heavy atom. The van der Waals surface area contributed by atoms with Gasteiger partial charge in [-0.15, -0.1) is 0 Å². The number of carbonyl (C=O) groups is 1. The molecule has 0 unspecified atom stereocenters. The number of ether oxygens (including phenoxy) is 2. The third kappa shape index (κ3) is 4.89. The average Bonchev–Trinajstić information content (AvgIpc) is 2.81. The normalized spacial score (nSPS) is 15.4. The summed E-state index contributed by atoms with van der Waals surface area (Å²) in [5.41, 5.74) is 10.1. The molecule has 0 spiro atoms. The van der Waals surface area contributed by atoms with Crippen LogP contribution in [-0.4, -0.2) is 23.3 Å². The van der Waals surface area contributed by atoms with Gasteiger partial charge in [-0.1, -0.05) is 35.5 Å². The molecule has 0 amide bonds. The summed E-state index contributed by atoms with van der Waals surface area (Å²) in [6.45, 7) is 7.52. The zero-order valence-electron chi connectivity index (χ0n) is 19.2. The Bertz CT molecular complexity index is 1290. The van der Waals surface area contributed by atoms with E-state index in [1.54, 1.807) is 31.2 Å². The number of benzene rings is 1. The zero-order chi connectivity index (χ0) is 25.0. The van der Waals surface area contributed by atoms with Crippen molar-refractivity contribution >= 4 is 29.3 Å². The van der Waals surface area contributed by atoms with Gasteiger partial charge in [0.05, 0.1) is 29.4 Å². The number of thioether (sulfide) groups is 1. The van der Waals surface area contributed by atoms with Gasteiger partial charge in [0.1, 0.15) is 28.5 Å². The van der Waals surface area contributed by atoms with Crippen LogP contribution in [0, 0.1) is 43.4 Å². The van der Waals surface area contributed by atoms with Crippen molar-refractivity contribution in [2.45, 2.75) is 38.6 Å². The minimum absolute atomic E-state index is 0.0872. The lowest BCUT2D eigenvalue weighted by atomic mass is 9.83. The molecule has 7 nitrogen and oxygen atoms in total. The highest BCUT2D eigenvalue weighted by atomic mass is 35.5. The fraction of sp³-hybridized carbons (Fsp3) is 0.280. The number of nitriles is 2. The molecule has 34 heavy (non-hydrogen) atoms. The van der Waals surface area contributed by atoms with Gasteiger partial charge in [-0.3, -0.25) is 0 Å². The van der Waals surface area contributed by atoms with E-state index in [1.807, 2.05) is 20.8 Å². The van der Waals surface area contributed by atoms with E-state index >= 15 is 0 Å². The number of hydrogen-bond donors (Lipinski definition) is 1. The molecule has 0 bridgehead atoms. The molecule has 174 valence electrons. The first kappa shape index (κ1) is 25.2. The first-order valence-electron chi connectivity index (χ1n) is 10.5. The Balaban J connectivity index is 2.12. The van der Waals surface area contributed by atoms with Gasteiger partial charge in [0.15, 0.2) is 0 Å². The Kier molecular flexibility index (Phi) is 7.88. The van der Waals surface area contributed by atoms with E-state index < -0.39 is 11.9 Å². The monoisotopic (exact) mass is 494 g/mol. The van der Waals surface area contributed by atoms with Crippen LogP contribution < -0.4 is 5.73 Å². The van der Waals surface area contributed by atoms with Crippen molar-refractivity contribution in [3.63, 3.8) is 0 Å². The number of pyridine rings is 1. The molecule has 1 aliphatic rings. The number of allylic oxidation sites excluding steroid dienone is 1. The number of nitrogens with two attached hydrogens (primary N) is 1. The van der Waals surface area contributed by atoms with Crippen LogP contribution in [0.4, 0.5) is 0 Å². The molecular formula is C25H23ClN4O3S. The maximum atomic E-state index is 13.1. The predicted molar refractivity (Wildman–Crippen MR) is 130 cm³/mol. The lowest BCUT2D eigenvalue weighted by molar-refractivity contribution is -0.139. The van der Waals surface area contributed by atoms with Gasteiger partial charge in [0.2, 0.25) is 5.88 Å². The molecule has 3 rings (SSSR count). The first-order valence-corrected chi connectivity index (χ1v) is 11.8. The number of aryl methyl sites for hydroxylation is 1. The van der Waals surface area contributed by atoms with E-state index in [0.29, 0.717) is 21.2 Å². The standard InChI is InChI=1S/C25H23ClN4O3S/c1-5-32-25(31)22-20(12-34-24-18(10-27)14(3)13(2)15(4)30-24)33-23(29)19(11-28)21(22)16-6-8-17(26)9-7-16/h6-9,21H,5,12,29H2,1-4H3/t21-/m0/s1. The lowest BCUT2D eigenvalue weighted by Gasteiger charge is -2.28. The zero-order valence-corrected chi connectivity index (χ0v) is 20.8. The van der Waals surface area contributed by atoms with Gasteiger partial charge in [-0.05, 0) is 56.5 Å². The summed E-state index contributed by atoms with van der Waals surface area (Å²) in [7, 11) is 0. The summed E-state index contributed by atoms with van der Waals surface area (Å²) in [6, 6.07) is 11.1. The third-order valence-electron chi connectivity index (χ3n) is 5.61. The minimum Gasteiger partial charge on any atom is -0.463 e. The van der Waals surface area contributed by atoms with Gasteiger partial charge in [-0.25, -0.2) is 9.78 Å². The molecule has 0 saturated heterocycles. The van der Waals surface area contributed by atoms with Crippen LogP contribution in [0.2, 0.25) is 5.02 Å². The first-order chi connectivity index (χ1) is 16.2. The third-order valence-corrected chi connectivity index (χ3v) is 6.84. The van der Waals surface area contributed by atoms with Crippen LogP contribution in [0.3, 0.4) is 0 Å². The largest absolute Gasteiger partial charge is 0.463 e. The molecule has 0 radical (unpaired) electrons. The number of hydrogen-bond acceptors (Lipinski definition) is 8.